The Morgan fingerprint density at radius 3 is 2.65 bits per heavy atom. The summed E-state index contributed by atoms with van der Waals surface area (Å²) in [5, 5.41) is 9.39. The Hall–Kier alpha value is -4.07. The summed E-state index contributed by atoms with van der Waals surface area (Å²) < 4.78 is 24.2. The average molecular weight is 582 g/mol. The molecule has 0 fully saturated rings. The quantitative estimate of drug-likeness (QED) is 0.349. The van der Waals surface area contributed by atoms with Crippen LogP contribution in [-0.4, -0.2) is 37.0 Å². The molecule has 0 amide bonds. The number of carbonyl (C=O) groups excluding carboxylic acids is 1. The monoisotopic (exact) mass is 581 g/mol. The zero-order valence-corrected chi connectivity index (χ0v) is 24.3. The van der Waals surface area contributed by atoms with E-state index in [1.807, 2.05) is 19.9 Å². The van der Waals surface area contributed by atoms with Gasteiger partial charge in [-0.2, -0.15) is 5.26 Å². The molecule has 0 radical (unpaired) electrons. The lowest BCUT2D eigenvalue weighted by Crippen LogP contribution is -2.40. The van der Waals surface area contributed by atoms with Crippen molar-refractivity contribution in [1.29, 1.82) is 5.26 Å². The molecule has 1 aliphatic heterocycles. The standard InChI is InChI=1S/C29H28ClN3O6S/c1-6-37-28(35)25-17(4)32-29-33(26(25)18-7-9-22(39-16(2)3)23(14-18)36-5)27(34)24(40-29)15-19-13-20(30)8-10-21(19)38-12-11-31/h7-10,13-16,26H,6,12H2,1-5H3/b24-15+/t26-/m0/s1. The lowest BCUT2D eigenvalue weighted by molar-refractivity contribution is -0.139. The van der Waals surface area contributed by atoms with E-state index in [9.17, 15) is 9.59 Å². The molecule has 2 heterocycles. The highest BCUT2D eigenvalue weighted by Gasteiger charge is 2.34. The van der Waals surface area contributed by atoms with Crippen molar-refractivity contribution in [1.82, 2.24) is 4.57 Å². The minimum atomic E-state index is -0.826. The number of hydrogen-bond acceptors (Lipinski definition) is 9. The van der Waals surface area contributed by atoms with E-state index < -0.39 is 12.0 Å². The van der Waals surface area contributed by atoms with Crippen LogP contribution in [0.3, 0.4) is 0 Å². The second-order valence-electron chi connectivity index (χ2n) is 9.01. The summed E-state index contributed by atoms with van der Waals surface area (Å²) in [7, 11) is 1.53. The number of nitrogens with zero attached hydrogens (tertiary/aromatic N) is 3. The second-order valence-corrected chi connectivity index (χ2v) is 10.5. The third-order valence-corrected chi connectivity index (χ3v) is 7.15. The van der Waals surface area contributed by atoms with Gasteiger partial charge < -0.3 is 18.9 Å². The maximum absolute atomic E-state index is 13.9. The summed E-state index contributed by atoms with van der Waals surface area (Å²) in [5.74, 6) is 0.844. The summed E-state index contributed by atoms with van der Waals surface area (Å²) in [6, 6.07) is 11.3. The SMILES string of the molecule is CCOC(=O)C1=C(C)N=c2s/c(=C/c3cc(Cl)ccc3OCC#N)c(=O)n2[C@H]1c1ccc(OC(C)C)c(OC)c1. The molecule has 1 aromatic heterocycles. The van der Waals surface area contributed by atoms with Gasteiger partial charge in [-0.05, 0) is 69.7 Å². The summed E-state index contributed by atoms with van der Waals surface area (Å²) in [6.45, 7) is 7.26. The molecule has 208 valence electrons. The van der Waals surface area contributed by atoms with E-state index in [1.54, 1.807) is 56.3 Å². The Morgan fingerprint density at radius 2 is 1.98 bits per heavy atom. The van der Waals surface area contributed by atoms with E-state index in [4.69, 9.17) is 35.8 Å². The number of fused-ring (bicyclic) bond motifs is 1. The number of thiazole rings is 1. The number of methoxy groups -OCH3 is 1. The van der Waals surface area contributed by atoms with Crippen LogP contribution in [0.2, 0.25) is 5.02 Å². The van der Waals surface area contributed by atoms with E-state index in [-0.39, 0.29) is 30.5 Å². The molecule has 4 rings (SSSR count). The number of nitriles is 1. The van der Waals surface area contributed by atoms with E-state index >= 15 is 0 Å². The largest absolute Gasteiger partial charge is 0.493 e. The minimum absolute atomic E-state index is 0.0804. The Morgan fingerprint density at radius 1 is 1.23 bits per heavy atom. The Labute approximate surface area is 240 Å². The van der Waals surface area contributed by atoms with Gasteiger partial charge in [0.1, 0.15) is 11.8 Å². The lowest BCUT2D eigenvalue weighted by atomic mass is 9.95. The molecule has 0 N–H and O–H groups in total. The Balaban J connectivity index is 1.95. The van der Waals surface area contributed by atoms with Crippen LogP contribution in [0.4, 0.5) is 0 Å². The Bertz CT molecular complexity index is 1700. The van der Waals surface area contributed by atoms with Crippen molar-refractivity contribution in [2.24, 2.45) is 4.99 Å². The van der Waals surface area contributed by atoms with Gasteiger partial charge in [-0.25, -0.2) is 9.79 Å². The second kappa shape index (κ2) is 12.4. The number of carbonyl (C=O) groups is 1. The van der Waals surface area contributed by atoms with Crippen molar-refractivity contribution in [2.45, 2.75) is 39.8 Å². The number of esters is 1. The highest BCUT2D eigenvalue weighted by Crippen LogP contribution is 2.36. The fourth-order valence-corrected chi connectivity index (χ4v) is 5.55. The first-order valence-electron chi connectivity index (χ1n) is 12.5. The molecule has 0 aliphatic carbocycles. The molecule has 0 saturated heterocycles. The molecule has 9 nitrogen and oxygen atoms in total. The normalized spacial score (nSPS) is 14.8. The summed E-state index contributed by atoms with van der Waals surface area (Å²) in [4.78, 5) is 32.1. The number of aromatic nitrogens is 1. The Kier molecular flexibility index (Phi) is 8.97. The number of hydrogen-bond donors (Lipinski definition) is 0. The van der Waals surface area contributed by atoms with Crippen molar-refractivity contribution in [2.75, 3.05) is 20.3 Å². The third-order valence-electron chi connectivity index (χ3n) is 5.93. The van der Waals surface area contributed by atoms with Gasteiger partial charge in [0.15, 0.2) is 22.9 Å². The third kappa shape index (κ3) is 5.91. The van der Waals surface area contributed by atoms with Gasteiger partial charge in [0.25, 0.3) is 5.56 Å². The number of allylic oxidation sites excluding steroid dienone is 1. The molecule has 0 unspecified atom stereocenters. The van der Waals surface area contributed by atoms with Crippen molar-refractivity contribution >= 4 is 35.0 Å². The van der Waals surface area contributed by atoms with Crippen LogP contribution in [0.1, 0.15) is 44.9 Å². The number of halogens is 1. The highest BCUT2D eigenvalue weighted by molar-refractivity contribution is 7.07. The van der Waals surface area contributed by atoms with Gasteiger partial charge in [0.05, 0.1) is 41.7 Å². The summed E-state index contributed by atoms with van der Waals surface area (Å²) in [6.07, 6.45) is 1.56. The number of benzene rings is 2. The molecular formula is C29H28ClN3O6S. The molecule has 2 aromatic carbocycles. The molecular weight excluding hydrogens is 554 g/mol. The van der Waals surface area contributed by atoms with Crippen LogP contribution in [0.25, 0.3) is 6.08 Å². The van der Waals surface area contributed by atoms with E-state index in [1.165, 1.54) is 23.0 Å². The molecule has 1 atom stereocenters. The van der Waals surface area contributed by atoms with Crippen molar-refractivity contribution < 1.29 is 23.7 Å². The zero-order chi connectivity index (χ0) is 29.0. The first-order chi connectivity index (χ1) is 19.2. The topological polar surface area (TPSA) is 112 Å². The van der Waals surface area contributed by atoms with Gasteiger partial charge >= 0.3 is 5.97 Å². The van der Waals surface area contributed by atoms with Crippen LogP contribution in [-0.2, 0) is 9.53 Å². The van der Waals surface area contributed by atoms with Crippen molar-refractivity contribution in [3.63, 3.8) is 0 Å². The molecule has 0 bridgehead atoms. The van der Waals surface area contributed by atoms with Gasteiger partial charge in [0, 0.05) is 10.6 Å². The van der Waals surface area contributed by atoms with Crippen LogP contribution in [0.5, 0.6) is 17.2 Å². The molecule has 3 aromatic rings. The van der Waals surface area contributed by atoms with Crippen molar-refractivity contribution in [3.05, 3.63) is 83.5 Å². The van der Waals surface area contributed by atoms with Crippen LogP contribution in [0.15, 0.2) is 57.5 Å². The molecule has 1 aliphatic rings. The highest BCUT2D eigenvalue weighted by atomic mass is 35.5. The predicted octanol–water partition coefficient (Wildman–Crippen LogP) is 4.15. The van der Waals surface area contributed by atoms with E-state index in [2.05, 4.69) is 4.99 Å². The number of ether oxygens (including phenoxy) is 4. The first kappa shape index (κ1) is 28.9. The van der Waals surface area contributed by atoms with Crippen LogP contribution < -0.4 is 29.1 Å². The fourth-order valence-electron chi connectivity index (χ4n) is 4.33. The summed E-state index contributed by atoms with van der Waals surface area (Å²) >= 11 is 7.39. The first-order valence-corrected chi connectivity index (χ1v) is 13.7. The van der Waals surface area contributed by atoms with Crippen LogP contribution in [0, 0.1) is 11.3 Å². The predicted molar refractivity (Wildman–Crippen MR) is 152 cm³/mol. The maximum Gasteiger partial charge on any atom is 0.338 e. The smallest absolute Gasteiger partial charge is 0.338 e. The molecule has 11 heteroatoms. The average Bonchev–Trinajstić information content (AvgIpc) is 3.21. The van der Waals surface area contributed by atoms with Gasteiger partial charge in [-0.15, -0.1) is 0 Å². The van der Waals surface area contributed by atoms with Gasteiger partial charge in [-0.3, -0.25) is 9.36 Å². The minimum Gasteiger partial charge on any atom is -0.493 e. The summed E-state index contributed by atoms with van der Waals surface area (Å²) in [5.41, 5.74) is 1.48. The molecule has 40 heavy (non-hydrogen) atoms. The van der Waals surface area contributed by atoms with Gasteiger partial charge in [0.2, 0.25) is 0 Å². The van der Waals surface area contributed by atoms with Crippen molar-refractivity contribution in [3.8, 4) is 23.3 Å². The lowest BCUT2D eigenvalue weighted by Gasteiger charge is -2.25. The maximum atomic E-state index is 13.9. The van der Waals surface area contributed by atoms with Crippen LogP contribution >= 0.6 is 22.9 Å². The van der Waals surface area contributed by atoms with E-state index in [0.717, 1.165) is 0 Å². The van der Waals surface area contributed by atoms with E-state index in [0.29, 0.717) is 48.4 Å². The van der Waals surface area contributed by atoms with Gasteiger partial charge in [-0.1, -0.05) is 29.0 Å². The zero-order valence-electron chi connectivity index (χ0n) is 22.7. The molecule has 0 saturated carbocycles. The fraction of sp³-hybridized carbons (Fsp3) is 0.310. The molecule has 0 spiro atoms. The number of rotatable bonds is 9.